The van der Waals surface area contributed by atoms with E-state index in [0.717, 1.165) is 18.5 Å². The molecule has 0 aliphatic rings. The van der Waals surface area contributed by atoms with Crippen LogP contribution in [-0.2, 0) is 6.18 Å². The number of carboxylic acid groups (broad SMARTS) is 1. The van der Waals surface area contributed by atoms with Gasteiger partial charge in [0.1, 0.15) is 22.4 Å². The average Bonchev–Trinajstić information content (AvgIpc) is 3.00. The van der Waals surface area contributed by atoms with Crippen LogP contribution in [0, 0.1) is 5.82 Å². The molecule has 0 unspecified atom stereocenters. The highest BCUT2D eigenvalue weighted by Crippen LogP contribution is 2.43. The van der Waals surface area contributed by atoms with E-state index in [0.29, 0.717) is 15.9 Å². The van der Waals surface area contributed by atoms with Crippen LogP contribution >= 0.6 is 11.3 Å². The topological polar surface area (TPSA) is 57.9 Å². The molecule has 0 bridgehead atoms. The predicted octanol–water partition coefficient (Wildman–Crippen LogP) is 3.11. The fourth-order valence-electron chi connectivity index (χ4n) is 2.18. The Bertz CT molecular complexity index is 882. The van der Waals surface area contributed by atoms with E-state index in [1.165, 1.54) is 11.4 Å². The Kier molecular flexibility index (Phi) is 3.17. The van der Waals surface area contributed by atoms with Crippen LogP contribution in [0.4, 0.5) is 22.4 Å². The third-order valence-electron chi connectivity index (χ3n) is 3.02. The molecule has 0 amide bonds. The molecule has 0 fully saturated rings. The highest BCUT2D eigenvalue weighted by Gasteiger charge is 2.36. The van der Waals surface area contributed by atoms with Crippen molar-refractivity contribution in [1.82, 2.24) is 9.55 Å². The number of carbonyl (C=O) groups is 1. The van der Waals surface area contributed by atoms with E-state index in [9.17, 15) is 27.5 Å². The summed E-state index contributed by atoms with van der Waals surface area (Å²) in [5.74, 6) is -0.784. The van der Waals surface area contributed by atoms with Gasteiger partial charge in [-0.05, 0) is 17.5 Å². The van der Waals surface area contributed by atoms with Gasteiger partial charge in [-0.2, -0.15) is 13.2 Å². The smallest absolute Gasteiger partial charge is 0.426 e. The minimum absolute atomic E-state index is 0.0342. The summed E-state index contributed by atoms with van der Waals surface area (Å²) in [6.07, 6.45) is -4.53. The summed E-state index contributed by atoms with van der Waals surface area (Å²) in [5, 5.41) is 12.3. The maximum absolute atomic E-state index is 13.3. The number of fused-ring (bicyclic) bond motifs is 1. The molecular formula is C13H5F4N2O2S-. The average molecular weight is 329 g/mol. The van der Waals surface area contributed by atoms with Crippen molar-refractivity contribution in [3.05, 3.63) is 40.6 Å². The van der Waals surface area contributed by atoms with Gasteiger partial charge < -0.3 is 9.90 Å². The lowest BCUT2D eigenvalue weighted by molar-refractivity contribution is -0.249. The molecule has 4 nitrogen and oxygen atoms in total. The number of carbonyl (C=O) groups excluding carboxylic acids is 1. The van der Waals surface area contributed by atoms with Crippen molar-refractivity contribution in [2.24, 2.45) is 0 Å². The molecule has 0 aromatic carbocycles. The van der Waals surface area contributed by atoms with Crippen molar-refractivity contribution < 1.29 is 27.5 Å². The molecule has 3 heterocycles. The third-order valence-corrected chi connectivity index (χ3v) is 3.98. The number of halogens is 4. The lowest BCUT2D eigenvalue weighted by Gasteiger charge is -2.06. The van der Waals surface area contributed by atoms with Gasteiger partial charge in [-0.25, -0.2) is 9.37 Å². The second kappa shape index (κ2) is 4.80. The Balaban J connectivity index is 2.35. The largest absolute Gasteiger partial charge is 0.529 e. The van der Waals surface area contributed by atoms with Crippen molar-refractivity contribution in [2.45, 2.75) is 6.18 Å². The van der Waals surface area contributed by atoms with Crippen LogP contribution in [0.2, 0.25) is 0 Å². The summed E-state index contributed by atoms with van der Waals surface area (Å²) in [4.78, 5) is 13.8. The number of hydrogen-bond acceptors (Lipinski definition) is 4. The zero-order chi connectivity index (χ0) is 16.1. The maximum Gasteiger partial charge on any atom is 0.426 e. The van der Waals surface area contributed by atoms with E-state index in [1.807, 2.05) is 0 Å². The molecule has 0 aliphatic heterocycles. The first-order chi connectivity index (χ1) is 10.3. The van der Waals surface area contributed by atoms with E-state index in [-0.39, 0.29) is 22.2 Å². The minimum Gasteiger partial charge on any atom is -0.529 e. The second-order valence-electron chi connectivity index (χ2n) is 4.36. The minimum atomic E-state index is -4.60. The SMILES string of the molecule is O=C([O-])n1cc(-c2ccsc2C(F)(F)F)c2cc(F)cnc21. The van der Waals surface area contributed by atoms with Gasteiger partial charge in [0.05, 0.1) is 6.20 Å². The van der Waals surface area contributed by atoms with Crippen molar-refractivity contribution >= 4 is 28.5 Å². The van der Waals surface area contributed by atoms with Gasteiger partial charge in [0.15, 0.2) is 0 Å². The van der Waals surface area contributed by atoms with E-state index in [4.69, 9.17) is 0 Å². The summed E-state index contributed by atoms with van der Waals surface area (Å²) in [7, 11) is 0. The number of thiophene rings is 1. The molecule has 114 valence electrons. The monoisotopic (exact) mass is 329 g/mol. The van der Waals surface area contributed by atoms with Gasteiger partial charge in [0.2, 0.25) is 0 Å². The van der Waals surface area contributed by atoms with Crippen LogP contribution < -0.4 is 5.11 Å². The Morgan fingerprint density at radius 2 is 2.05 bits per heavy atom. The number of hydrogen-bond donors (Lipinski definition) is 0. The number of pyridine rings is 1. The first-order valence-electron chi connectivity index (χ1n) is 5.82. The number of aromatic nitrogens is 2. The second-order valence-corrected chi connectivity index (χ2v) is 5.28. The standard InChI is InChI=1S/C13H6F4N2O2S/c14-6-3-8-9(5-19(12(20)21)11(8)18-4-6)7-1-2-22-10(7)13(15,16)17/h1-5H,(H,20,21)/p-1. The van der Waals surface area contributed by atoms with Crippen molar-refractivity contribution in [3.8, 4) is 11.1 Å². The molecule has 22 heavy (non-hydrogen) atoms. The van der Waals surface area contributed by atoms with Gasteiger partial charge in [-0.1, -0.05) is 0 Å². The number of rotatable bonds is 1. The maximum atomic E-state index is 13.3. The molecule has 0 spiro atoms. The van der Waals surface area contributed by atoms with Crippen LogP contribution in [0.1, 0.15) is 4.88 Å². The quantitative estimate of drug-likeness (QED) is 0.645. The molecular weight excluding hydrogens is 324 g/mol. The van der Waals surface area contributed by atoms with E-state index >= 15 is 0 Å². The Morgan fingerprint density at radius 1 is 1.32 bits per heavy atom. The van der Waals surface area contributed by atoms with E-state index in [1.54, 1.807) is 0 Å². The molecule has 3 aromatic rings. The normalized spacial score (nSPS) is 12.0. The summed E-state index contributed by atoms with van der Waals surface area (Å²) < 4.78 is 52.9. The zero-order valence-electron chi connectivity index (χ0n) is 10.5. The first-order valence-corrected chi connectivity index (χ1v) is 6.70. The van der Waals surface area contributed by atoms with Gasteiger partial charge in [-0.3, -0.25) is 4.57 Å². The molecule has 0 radical (unpaired) electrons. The molecule has 9 heteroatoms. The number of nitrogens with zero attached hydrogens (tertiary/aromatic N) is 2. The van der Waals surface area contributed by atoms with Crippen molar-refractivity contribution in [3.63, 3.8) is 0 Å². The van der Waals surface area contributed by atoms with Gasteiger partial charge in [0, 0.05) is 22.7 Å². The lowest BCUT2D eigenvalue weighted by Crippen LogP contribution is -2.28. The van der Waals surface area contributed by atoms with Crippen LogP contribution in [0.15, 0.2) is 29.9 Å². The van der Waals surface area contributed by atoms with Crippen LogP contribution in [0.5, 0.6) is 0 Å². The van der Waals surface area contributed by atoms with Gasteiger partial charge >= 0.3 is 6.18 Å². The highest BCUT2D eigenvalue weighted by molar-refractivity contribution is 7.10. The summed E-state index contributed by atoms with van der Waals surface area (Å²) in [5.41, 5.74) is -0.481. The Hall–Kier alpha value is -2.42. The predicted molar refractivity (Wildman–Crippen MR) is 68.8 cm³/mol. The molecule has 0 N–H and O–H groups in total. The fourth-order valence-corrected chi connectivity index (χ4v) is 2.96. The lowest BCUT2D eigenvalue weighted by atomic mass is 10.1. The Labute approximate surface area is 124 Å². The zero-order valence-corrected chi connectivity index (χ0v) is 11.3. The number of alkyl halides is 3. The summed E-state index contributed by atoms with van der Waals surface area (Å²) >= 11 is 0.470. The van der Waals surface area contributed by atoms with Gasteiger partial charge in [0.25, 0.3) is 0 Å². The van der Waals surface area contributed by atoms with Crippen molar-refractivity contribution in [2.75, 3.05) is 0 Å². The fraction of sp³-hybridized carbons (Fsp3) is 0.0769. The molecule has 3 aromatic heterocycles. The molecule has 0 saturated heterocycles. The Morgan fingerprint density at radius 3 is 2.68 bits per heavy atom. The van der Waals surface area contributed by atoms with E-state index in [2.05, 4.69) is 4.98 Å². The first kappa shape index (κ1) is 14.5. The van der Waals surface area contributed by atoms with E-state index < -0.39 is 23.0 Å². The van der Waals surface area contributed by atoms with Crippen LogP contribution in [0.3, 0.4) is 0 Å². The highest BCUT2D eigenvalue weighted by atomic mass is 32.1. The van der Waals surface area contributed by atoms with Gasteiger partial charge in [-0.15, -0.1) is 11.3 Å². The third kappa shape index (κ3) is 2.23. The van der Waals surface area contributed by atoms with Crippen LogP contribution in [0.25, 0.3) is 22.2 Å². The molecule has 3 rings (SSSR count). The molecule has 0 atom stereocenters. The van der Waals surface area contributed by atoms with Crippen molar-refractivity contribution in [1.29, 1.82) is 0 Å². The van der Waals surface area contributed by atoms with Crippen LogP contribution in [-0.4, -0.2) is 15.6 Å². The molecule has 0 aliphatic carbocycles. The summed E-state index contributed by atoms with van der Waals surface area (Å²) in [6, 6.07) is 2.14. The summed E-state index contributed by atoms with van der Waals surface area (Å²) in [6.45, 7) is 0. The molecule has 0 saturated carbocycles.